The van der Waals surface area contributed by atoms with Crippen LogP contribution in [0.4, 0.5) is 0 Å². The number of halogens is 2. The first-order valence-corrected chi connectivity index (χ1v) is 8.94. The average Bonchev–Trinajstić information content (AvgIpc) is 3.09. The summed E-state index contributed by atoms with van der Waals surface area (Å²) in [6.07, 6.45) is 7.84. The molecule has 0 spiro atoms. The molecule has 0 N–H and O–H groups in total. The van der Waals surface area contributed by atoms with Gasteiger partial charge in [0, 0.05) is 6.04 Å². The number of likely N-dealkylation sites (tertiary alicyclic amines) is 1. The second-order valence-corrected chi connectivity index (χ2v) is 8.17. The summed E-state index contributed by atoms with van der Waals surface area (Å²) in [6, 6.07) is 2.31. The van der Waals surface area contributed by atoms with Gasteiger partial charge >= 0.3 is 0 Å². The lowest BCUT2D eigenvalue weighted by molar-refractivity contribution is 0.0896. The molecule has 1 aliphatic heterocycles. The van der Waals surface area contributed by atoms with Crippen LogP contribution in [-0.4, -0.2) is 29.8 Å². The predicted octanol–water partition coefficient (Wildman–Crippen LogP) is 4.89. The van der Waals surface area contributed by atoms with E-state index >= 15 is 0 Å². The van der Waals surface area contributed by atoms with Crippen molar-refractivity contribution in [2.45, 2.75) is 44.6 Å². The summed E-state index contributed by atoms with van der Waals surface area (Å²) < 4.78 is 1.11. The quantitative estimate of drug-likeness (QED) is 0.732. The number of thiophene rings is 1. The van der Waals surface area contributed by atoms with Crippen molar-refractivity contribution in [2.75, 3.05) is 13.1 Å². The Labute approximate surface area is 134 Å². The summed E-state index contributed by atoms with van der Waals surface area (Å²) in [6.45, 7) is 1.54. The third-order valence-corrected chi connectivity index (χ3v) is 6.15. The minimum absolute atomic E-state index is 0.114. The fraction of sp³-hybridized carbons (Fsp3) is 0.667. The molecule has 0 bridgehead atoms. The Bertz CT molecular complexity index is 496. The van der Waals surface area contributed by atoms with Crippen LogP contribution < -0.4 is 0 Å². The molecule has 1 saturated heterocycles. The zero-order valence-corrected chi connectivity index (χ0v) is 13.7. The van der Waals surface area contributed by atoms with Crippen molar-refractivity contribution in [3.8, 4) is 0 Å². The van der Waals surface area contributed by atoms with Gasteiger partial charge in [-0.3, -0.25) is 9.69 Å². The third-order valence-electron chi connectivity index (χ3n) is 4.66. The van der Waals surface area contributed by atoms with Crippen molar-refractivity contribution >= 4 is 40.3 Å². The van der Waals surface area contributed by atoms with E-state index in [1.165, 1.54) is 49.9 Å². The maximum atomic E-state index is 12.4. The Kier molecular flexibility index (Phi) is 4.71. The second-order valence-electron chi connectivity index (χ2n) is 5.89. The fourth-order valence-corrected chi connectivity index (χ4v) is 5.22. The highest BCUT2D eigenvalue weighted by atomic mass is 35.5. The van der Waals surface area contributed by atoms with E-state index in [1.54, 1.807) is 6.07 Å². The van der Waals surface area contributed by atoms with E-state index in [2.05, 4.69) is 4.90 Å². The highest BCUT2D eigenvalue weighted by Gasteiger charge is 2.34. The monoisotopic (exact) mass is 331 g/mol. The van der Waals surface area contributed by atoms with Gasteiger partial charge in [0.2, 0.25) is 0 Å². The summed E-state index contributed by atoms with van der Waals surface area (Å²) >= 11 is 13.3. The zero-order valence-electron chi connectivity index (χ0n) is 11.4. The molecule has 2 aliphatic rings. The molecule has 1 saturated carbocycles. The minimum atomic E-state index is 0.114. The molecule has 0 amide bonds. The van der Waals surface area contributed by atoms with E-state index in [-0.39, 0.29) is 5.78 Å². The van der Waals surface area contributed by atoms with Crippen LogP contribution >= 0.6 is 34.5 Å². The summed E-state index contributed by atoms with van der Waals surface area (Å²) in [5, 5.41) is 0. The van der Waals surface area contributed by atoms with E-state index in [1.807, 2.05) is 0 Å². The molecule has 3 rings (SSSR count). The Morgan fingerprint density at radius 2 is 2.00 bits per heavy atom. The molecule has 1 aromatic rings. The SMILES string of the molecule is O=C(CN1CCCC1C1CCCC1)c1cc(Cl)sc1Cl. The molecule has 2 nitrogen and oxygen atoms in total. The maximum Gasteiger partial charge on any atom is 0.179 e. The Morgan fingerprint density at radius 1 is 1.25 bits per heavy atom. The topological polar surface area (TPSA) is 20.3 Å². The molecular weight excluding hydrogens is 313 g/mol. The maximum absolute atomic E-state index is 12.4. The van der Waals surface area contributed by atoms with Crippen molar-refractivity contribution in [1.82, 2.24) is 4.90 Å². The van der Waals surface area contributed by atoms with Crippen molar-refractivity contribution in [1.29, 1.82) is 0 Å². The van der Waals surface area contributed by atoms with Gasteiger partial charge in [0.1, 0.15) is 4.34 Å². The number of nitrogens with zero attached hydrogens (tertiary/aromatic N) is 1. The molecule has 0 aromatic carbocycles. The normalized spacial score (nSPS) is 24.6. The Hall–Kier alpha value is -0.0900. The van der Waals surface area contributed by atoms with Gasteiger partial charge in [-0.15, -0.1) is 11.3 Å². The lowest BCUT2D eigenvalue weighted by Gasteiger charge is -2.28. The van der Waals surface area contributed by atoms with E-state index in [4.69, 9.17) is 23.2 Å². The van der Waals surface area contributed by atoms with Gasteiger partial charge in [0.25, 0.3) is 0 Å². The number of hydrogen-bond acceptors (Lipinski definition) is 3. The van der Waals surface area contributed by atoms with Gasteiger partial charge in [0.05, 0.1) is 16.4 Å². The zero-order chi connectivity index (χ0) is 14.1. The average molecular weight is 332 g/mol. The van der Waals surface area contributed by atoms with E-state index in [9.17, 15) is 4.79 Å². The summed E-state index contributed by atoms with van der Waals surface area (Å²) in [5.41, 5.74) is 0.596. The molecule has 110 valence electrons. The van der Waals surface area contributed by atoms with Crippen LogP contribution in [0.2, 0.25) is 8.67 Å². The Morgan fingerprint density at radius 3 is 2.65 bits per heavy atom. The van der Waals surface area contributed by atoms with Gasteiger partial charge in [-0.2, -0.15) is 0 Å². The van der Waals surface area contributed by atoms with Crippen LogP contribution in [0.15, 0.2) is 6.07 Å². The van der Waals surface area contributed by atoms with E-state index < -0.39 is 0 Å². The van der Waals surface area contributed by atoms with Crippen LogP contribution in [0, 0.1) is 5.92 Å². The van der Waals surface area contributed by atoms with Crippen LogP contribution in [0.5, 0.6) is 0 Å². The summed E-state index contributed by atoms with van der Waals surface area (Å²) in [5.74, 6) is 0.912. The van der Waals surface area contributed by atoms with Crippen LogP contribution in [0.25, 0.3) is 0 Å². The van der Waals surface area contributed by atoms with Gasteiger partial charge in [-0.05, 0) is 44.2 Å². The highest BCUT2D eigenvalue weighted by Crippen LogP contribution is 2.36. The van der Waals surface area contributed by atoms with Gasteiger partial charge in [-0.1, -0.05) is 36.0 Å². The molecule has 5 heteroatoms. The van der Waals surface area contributed by atoms with Crippen LogP contribution in [0.3, 0.4) is 0 Å². The first-order valence-electron chi connectivity index (χ1n) is 7.37. The number of carbonyl (C=O) groups is 1. The molecule has 1 aliphatic carbocycles. The molecule has 1 atom stereocenters. The van der Waals surface area contributed by atoms with Crippen LogP contribution in [-0.2, 0) is 0 Å². The number of Topliss-reactive ketones (excluding diaryl/α,β-unsaturated/α-hetero) is 1. The number of hydrogen-bond donors (Lipinski definition) is 0. The molecule has 1 aromatic heterocycles. The van der Waals surface area contributed by atoms with Crippen molar-refractivity contribution < 1.29 is 4.79 Å². The molecule has 2 heterocycles. The second kappa shape index (κ2) is 6.35. The van der Waals surface area contributed by atoms with Crippen molar-refractivity contribution in [3.63, 3.8) is 0 Å². The standard InChI is InChI=1S/C15H19Cl2NOS/c16-14-8-11(15(17)20-14)13(19)9-18-7-3-6-12(18)10-4-1-2-5-10/h8,10,12H,1-7,9H2. The summed E-state index contributed by atoms with van der Waals surface area (Å²) in [4.78, 5) is 14.8. The molecule has 1 unspecified atom stereocenters. The highest BCUT2D eigenvalue weighted by molar-refractivity contribution is 7.20. The lowest BCUT2D eigenvalue weighted by Crippen LogP contribution is -2.38. The van der Waals surface area contributed by atoms with Crippen molar-refractivity contribution in [3.05, 3.63) is 20.3 Å². The molecule has 20 heavy (non-hydrogen) atoms. The molecule has 2 fully saturated rings. The molecular formula is C15H19Cl2NOS. The smallest absolute Gasteiger partial charge is 0.179 e. The fourth-order valence-electron chi connectivity index (χ4n) is 3.72. The van der Waals surface area contributed by atoms with Gasteiger partial charge in [-0.25, -0.2) is 0 Å². The van der Waals surface area contributed by atoms with E-state index in [0.717, 1.165) is 12.5 Å². The van der Waals surface area contributed by atoms with Crippen molar-refractivity contribution in [2.24, 2.45) is 5.92 Å². The predicted molar refractivity (Wildman–Crippen MR) is 85.2 cm³/mol. The first kappa shape index (κ1) is 14.8. The largest absolute Gasteiger partial charge is 0.293 e. The van der Waals surface area contributed by atoms with Gasteiger partial charge < -0.3 is 0 Å². The van der Waals surface area contributed by atoms with Crippen LogP contribution in [0.1, 0.15) is 48.9 Å². The first-order chi connectivity index (χ1) is 9.65. The number of carbonyl (C=O) groups excluding carboxylic acids is 1. The molecule has 0 radical (unpaired) electrons. The minimum Gasteiger partial charge on any atom is -0.293 e. The summed E-state index contributed by atoms with van der Waals surface area (Å²) in [7, 11) is 0. The Balaban J connectivity index is 1.67. The lowest BCUT2D eigenvalue weighted by atomic mass is 9.96. The van der Waals surface area contributed by atoms with Gasteiger partial charge in [0.15, 0.2) is 5.78 Å². The number of rotatable bonds is 4. The van der Waals surface area contributed by atoms with E-state index in [0.29, 0.717) is 26.8 Å². The third kappa shape index (κ3) is 3.06. The number of ketones is 1.